The summed E-state index contributed by atoms with van der Waals surface area (Å²) in [6.07, 6.45) is 3.24. The molecule has 0 fully saturated rings. The third-order valence-electron chi connectivity index (χ3n) is 4.90. The van der Waals surface area contributed by atoms with Crippen LogP contribution in [0.4, 0.5) is 17.1 Å². The third-order valence-corrected chi connectivity index (χ3v) is 4.90. The molecule has 1 heterocycles. The van der Waals surface area contributed by atoms with Gasteiger partial charge in [-0.1, -0.05) is 12.1 Å². The first-order chi connectivity index (χ1) is 14.4. The van der Waals surface area contributed by atoms with E-state index in [0.717, 1.165) is 11.1 Å². The van der Waals surface area contributed by atoms with Gasteiger partial charge in [0.1, 0.15) is 22.9 Å². The predicted octanol–water partition coefficient (Wildman–Crippen LogP) is 3.67. The molecular weight excluding hydrogens is 382 g/mol. The van der Waals surface area contributed by atoms with Crippen molar-refractivity contribution in [3.05, 3.63) is 93.0 Å². The van der Waals surface area contributed by atoms with E-state index in [0.29, 0.717) is 11.3 Å². The van der Waals surface area contributed by atoms with E-state index in [-0.39, 0.29) is 28.9 Å². The highest BCUT2D eigenvalue weighted by molar-refractivity contribution is 5.82. The van der Waals surface area contributed by atoms with Crippen molar-refractivity contribution in [1.82, 2.24) is 4.98 Å². The van der Waals surface area contributed by atoms with Gasteiger partial charge in [-0.3, -0.25) is 14.6 Å². The number of nitrogens with one attached hydrogen (secondary N) is 2. The van der Waals surface area contributed by atoms with Crippen LogP contribution in [0.15, 0.2) is 76.6 Å². The van der Waals surface area contributed by atoms with E-state index < -0.39 is 10.9 Å². The minimum Gasteiger partial charge on any atom is -0.508 e. The molecule has 0 saturated heterocycles. The monoisotopic (exact) mass is 401 g/mol. The minimum absolute atomic E-state index is 0.0904. The summed E-state index contributed by atoms with van der Waals surface area (Å²) in [4.78, 5) is 28.3. The van der Waals surface area contributed by atoms with Crippen LogP contribution in [-0.4, -0.2) is 15.2 Å². The fourth-order valence-electron chi connectivity index (χ4n) is 3.26. The van der Waals surface area contributed by atoms with Crippen LogP contribution < -0.4 is 21.5 Å². The number of phenols is 2. The van der Waals surface area contributed by atoms with Crippen molar-refractivity contribution in [1.29, 1.82) is 0 Å². The highest BCUT2D eigenvalue weighted by atomic mass is 16.3. The van der Waals surface area contributed by atoms with Gasteiger partial charge in [0.15, 0.2) is 0 Å². The number of benzene rings is 2. The average Bonchev–Trinajstić information content (AvgIpc) is 2.77. The predicted molar refractivity (Wildman–Crippen MR) is 116 cm³/mol. The second-order valence-electron chi connectivity index (χ2n) is 6.96. The van der Waals surface area contributed by atoms with Crippen LogP contribution in [0.2, 0.25) is 0 Å². The average molecular weight is 401 g/mol. The van der Waals surface area contributed by atoms with Gasteiger partial charge in [-0.25, -0.2) is 0 Å². The summed E-state index contributed by atoms with van der Waals surface area (Å²) in [7, 11) is 0. The number of aromatic hydroxyl groups is 2. The molecule has 0 unspecified atom stereocenters. The van der Waals surface area contributed by atoms with Crippen molar-refractivity contribution in [3.63, 3.8) is 0 Å². The highest BCUT2D eigenvalue weighted by Gasteiger charge is 2.23. The smallest absolute Gasteiger partial charge is 0.253 e. The number of phenolic OH excluding ortho intramolecular Hbond substituents is 2. The normalized spacial score (nSPS) is 11.9. The maximum absolute atomic E-state index is 12.2. The van der Waals surface area contributed by atoms with E-state index in [1.807, 2.05) is 13.0 Å². The van der Waals surface area contributed by atoms with Gasteiger partial charge in [0.25, 0.3) is 10.9 Å². The van der Waals surface area contributed by atoms with Crippen molar-refractivity contribution in [3.8, 4) is 22.6 Å². The molecule has 4 rings (SSSR count). The highest BCUT2D eigenvalue weighted by Crippen LogP contribution is 2.33. The van der Waals surface area contributed by atoms with Gasteiger partial charge in [-0.15, -0.1) is 0 Å². The number of nitrogens with zero attached hydrogens (tertiary/aromatic N) is 1. The van der Waals surface area contributed by atoms with Crippen molar-refractivity contribution >= 4 is 17.1 Å². The Hall–Kier alpha value is -4.13. The molecular formula is C23H19N3O4. The summed E-state index contributed by atoms with van der Waals surface area (Å²) >= 11 is 0. The Balaban J connectivity index is 1.60. The van der Waals surface area contributed by atoms with Crippen molar-refractivity contribution < 1.29 is 10.2 Å². The first-order valence-corrected chi connectivity index (χ1v) is 9.33. The maximum Gasteiger partial charge on any atom is 0.253 e. The van der Waals surface area contributed by atoms with Crippen molar-refractivity contribution in [2.45, 2.75) is 13.0 Å². The Bertz CT molecular complexity index is 1280. The van der Waals surface area contributed by atoms with E-state index in [2.05, 4.69) is 15.6 Å². The molecule has 0 bridgehead atoms. The summed E-state index contributed by atoms with van der Waals surface area (Å²) < 4.78 is 0. The summed E-state index contributed by atoms with van der Waals surface area (Å²) in [5.74, 6) is 0.213. The van der Waals surface area contributed by atoms with Crippen molar-refractivity contribution in [2.75, 3.05) is 10.6 Å². The molecule has 150 valence electrons. The van der Waals surface area contributed by atoms with E-state index in [1.165, 1.54) is 6.07 Å². The number of rotatable bonds is 6. The van der Waals surface area contributed by atoms with Crippen LogP contribution in [0.3, 0.4) is 0 Å². The zero-order chi connectivity index (χ0) is 21.3. The summed E-state index contributed by atoms with van der Waals surface area (Å²) in [6, 6.07) is 14.8. The lowest BCUT2D eigenvalue weighted by Gasteiger charge is -2.20. The molecule has 0 radical (unpaired) electrons. The molecule has 3 aromatic carbocycles. The van der Waals surface area contributed by atoms with Crippen LogP contribution in [0.25, 0.3) is 11.1 Å². The second kappa shape index (κ2) is 7.71. The zero-order valence-electron chi connectivity index (χ0n) is 16.1. The Morgan fingerprint density at radius 2 is 1.63 bits per heavy atom. The first-order valence-electron chi connectivity index (χ1n) is 9.33. The molecule has 0 amide bonds. The standard InChI is InChI=1S/C23H19N3O4/c1-13(15-3-2-4-17(27)11-15)25-20-21(23(30)22(20)29)26-16-5-6-19(28)18(12-16)14-7-9-24-10-8-14/h2-13,25-28H,1H3/t13-/m0/s1. The van der Waals surface area contributed by atoms with Crippen LogP contribution in [-0.2, 0) is 0 Å². The third kappa shape index (κ3) is 3.60. The van der Waals surface area contributed by atoms with Gasteiger partial charge in [0.05, 0.1) is 0 Å². The number of pyridine rings is 1. The second-order valence-corrected chi connectivity index (χ2v) is 6.96. The molecule has 0 saturated carbocycles. The Morgan fingerprint density at radius 3 is 2.37 bits per heavy atom. The fraction of sp³-hybridized carbons (Fsp3) is 0.0870. The van der Waals surface area contributed by atoms with Gasteiger partial charge in [0.2, 0.25) is 0 Å². The molecule has 0 aliphatic rings. The molecule has 0 aliphatic carbocycles. The quantitative estimate of drug-likeness (QED) is 0.288. The molecule has 0 aliphatic heterocycles. The molecule has 4 aromatic rings. The Labute approximate surface area is 172 Å². The lowest BCUT2D eigenvalue weighted by atomic mass is 10.0. The minimum atomic E-state index is -0.612. The molecule has 1 aromatic heterocycles. The number of hydrogen-bond acceptors (Lipinski definition) is 7. The van der Waals surface area contributed by atoms with Crippen LogP contribution in [0, 0.1) is 0 Å². The van der Waals surface area contributed by atoms with Crippen LogP contribution in [0.5, 0.6) is 11.5 Å². The summed E-state index contributed by atoms with van der Waals surface area (Å²) in [5.41, 5.74) is 1.82. The van der Waals surface area contributed by atoms with E-state index in [1.54, 1.807) is 54.9 Å². The van der Waals surface area contributed by atoms with Gasteiger partial charge < -0.3 is 20.8 Å². The van der Waals surface area contributed by atoms with E-state index >= 15 is 0 Å². The van der Waals surface area contributed by atoms with Crippen LogP contribution in [0.1, 0.15) is 18.5 Å². The number of anilines is 3. The van der Waals surface area contributed by atoms with Gasteiger partial charge >= 0.3 is 0 Å². The maximum atomic E-state index is 12.2. The number of hydrogen-bond donors (Lipinski definition) is 4. The molecule has 30 heavy (non-hydrogen) atoms. The first kappa shape index (κ1) is 19.2. The SMILES string of the molecule is C[C@H](Nc1c(Nc2ccc(O)c(-c3ccncc3)c2)c(=O)c1=O)c1cccc(O)c1. The van der Waals surface area contributed by atoms with E-state index in [9.17, 15) is 19.8 Å². The topological polar surface area (TPSA) is 112 Å². The lowest BCUT2D eigenvalue weighted by molar-refractivity contribution is 0.474. The van der Waals surface area contributed by atoms with Crippen LogP contribution >= 0.6 is 0 Å². The molecule has 0 spiro atoms. The number of aromatic nitrogens is 1. The Kier molecular flexibility index (Phi) is 4.93. The zero-order valence-corrected chi connectivity index (χ0v) is 16.1. The van der Waals surface area contributed by atoms with Gasteiger partial charge in [0, 0.05) is 29.7 Å². The largest absolute Gasteiger partial charge is 0.508 e. The van der Waals surface area contributed by atoms with Crippen molar-refractivity contribution in [2.24, 2.45) is 0 Å². The van der Waals surface area contributed by atoms with Gasteiger partial charge in [-0.2, -0.15) is 0 Å². The molecule has 4 N–H and O–H groups in total. The Morgan fingerprint density at radius 1 is 0.900 bits per heavy atom. The van der Waals surface area contributed by atoms with Gasteiger partial charge in [-0.05, 0) is 60.5 Å². The molecule has 7 heteroatoms. The van der Waals surface area contributed by atoms with E-state index in [4.69, 9.17) is 0 Å². The molecule has 7 nitrogen and oxygen atoms in total. The fourth-order valence-corrected chi connectivity index (χ4v) is 3.26. The summed E-state index contributed by atoms with van der Waals surface area (Å²) in [5, 5.41) is 25.9. The lowest BCUT2D eigenvalue weighted by Crippen LogP contribution is -2.37. The summed E-state index contributed by atoms with van der Waals surface area (Å²) in [6.45, 7) is 1.83. The molecule has 1 atom stereocenters.